The lowest BCUT2D eigenvalue weighted by atomic mass is 9.93. The van der Waals surface area contributed by atoms with Crippen LogP contribution in [0, 0.1) is 10.8 Å². The van der Waals surface area contributed by atoms with E-state index in [4.69, 9.17) is 5.41 Å². The third-order valence-electron chi connectivity index (χ3n) is 2.48. The number of nitrogens with one attached hydrogen (secondary N) is 1. The minimum absolute atomic E-state index is 0.102. The average Bonchev–Trinajstić information content (AvgIpc) is 2.07. The van der Waals surface area contributed by atoms with Gasteiger partial charge in [-0.05, 0) is 0 Å². The summed E-state index contributed by atoms with van der Waals surface area (Å²) in [4.78, 5) is 15.0. The molecule has 0 bridgehead atoms. The summed E-state index contributed by atoms with van der Waals surface area (Å²) in [5.41, 5.74) is -0.170. The van der Waals surface area contributed by atoms with Crippen molar-refractivity contribution < 1.29 is 4.79 Å². The lowest BCUT2D eigenvalue weighted by Gasteiger charge is -2.37. The summed E-state index contributed by atoms with van der Waals surface area (Å²) in [6, 6.07) is 0. The molecule has 1 fully saturated rings. The SMILES string of the molecule is CN1CCN(C(=N)C(C)(C)C)CC1=O. The highest BCUT2D eigenvalue weighted by Gasteiger charge is 2.28. The Bertz CT molecular complexity index is 255. The van der Waals surface area contributed by atoms with Crippen LogP contribution in [0.1, 0.15) is 20.8 Å². The van der Waals surface area contributed by atoms with Gasteiger partial charge in [-0.1, -0.05) is 20.8 Å². The van der Waals surface area contributed by atoms with Gasteiger partial charge in [0.25, 0.3) is 0 Å². The van der Waals surface area contributed by atoms with Crippen molar-refractivity contribution in [3.8, 4) is 0 Å². The first kappa shape index (κ1) is 11.0. The summed E-state index contributed by atoms with van der Waals surface area (Å²) in [6.07, 6.45) is 0. The second-order valence-electron chi connectivity index (χ2n) is 4.84. The van der Waals surface area contributed by atoms with E-state index >= 15 is 0 Å². The molecule has 1 N–H and O–H groups in total. The molecule has 0 aromatic carbocycles. The molecular weight excluding hydrogens is 178 g/mol. The van der Waals surface area contributed by atoms with Crippen molar-refractivity contribution in [1.82, 2.24) is 9.80 Å². The van der Waals surface area contributed by atoms with Gasteiger partial charge in [-0.2, -0.15) is 0 Å². The number of nitrogens with zero attached hydrogens (tertiary/aromatic N) is 2. The third-order valence-corrected chi connectivity index (χ3v) is 2.48. The van der Waals surface area contributed by atoms with E-state index < -0.39 is 0 Å². The first-order valence-electron chi connectivity index (χ1n) is 4.90. The minimum atomic E-state index is -0.170. The number of rotatable bonds is 0. The summed E-state index contributed by atoms with van der Waals surface area (Å²) >= 11 is 0. The van der Waals surface area contributed by atoms with Gasteiger partial charge in [-0.3, -0.25) is 10.2 Å². The molecular formula is C10H19N3O. The number of likely N-dealkylation sites (N-methyl/N-ethyl adjacent to an activating group) is 1. The van der Waals surface area contributed by atoms with Crippen LogP contribution in [0.3, 0.4) is 0 Å². The van der Waals surface area contributed by atoms with Crippen LogP contribution in [-0.2, 0) is 4.79 Å². The van der Waals surface area contributed by atoms with E-state index in [9.17, 15) is 4.79 Å². The van der Waals surface area contributed by atoms with Gasteiger partial charge in [-0.25, -0.2) is 0 Å². The van der Waals surface area contributed by atoms with E-state index in [1.54, 1.807) is 11.9 Å². The van der Waals surface area contributed by atoms with E-state index in [2.05, 4.69) is 0 Å². The number of amidine groups is 1. The van der Waals surface area contributed by atoms with Crippen molar-refractivity contribution in [1.29, 1.82) is 5.41 Å². The zero-order chi connectivity index (χ0) is 10.9. The lowest BCUT2D eigenvalue weighted by Crippen LogP contribution is -2.53. The fraction of sp³-hybridized carbons (Fsp3) is 0.800. The van der Waals surface area contributed by atoms with E-state index in [1.165, 1.54) is 0 Å². The van der Waals surface area contributed by atoms with Crippen molar-refractivity contribution in [2.24, 2.45) is 5.41 Å². The Morgan fingerprint density at radius 2 is 1.93 bits per heavy atom. The molecule has 14 heavy (non-hydrogen) atoms. The predicted octanol–water partition coefficient (Wildman–Crippen LogP) is 0.784. The number of piperazine rings is 1. The fourth-order valence-electron chi connectivity index (χ4n) is 1.42. The monoisotopic (exact) mass is 197 g/mol. The van der Waals surface area contributed by atoms with Gasteiger partial charge >= 0.3 is 0 Å². The van der Waals surface area contributed by atoms with Crippen LogP contribution in [0.15, 0.2) is 0 Å². The molecule has 0 atom stereocenters. The van der Waals surface area contributed by atoms with Crippen LogP contribution in [0.5, 0.6) is 0 Å². The maximum Gasteiger partial charge on any atom is 0.241 e. The Labute approximate surface area is 85.4 Å². The van der Waals surface area contributed by atoms with Crippen molar-refractivity contribution in [3.63, 3.8) is 0 Å². The Kier molecular flexibility index (Phi) is 2.83. The zero-order valence-electron chi connectivity index (χ0n) is 9.42. The van der Waals surface area contributed by atoms with Gasteiger partial charge < -0.3 is 9.80 Å². The molecule has 1 aliphatic heterocycles. The molecule has 4 heteroatoms. The van der Waals surface area contributed by atoms with Gasteiger partial charge in [0.05, 0.1) is 6.54 Å². The molecule has 0 saturated carbocycles. The highest BCUT2D eigenvalue weighted by molar-refractivity contribution is 5.89. The quantitative estimate of drug-likeness (QED) is 0.461. The maximum absolute atomic E-state index is 11.4. The molecule has 0 spiro atoms. The summed E-state index contributed by atoms with van der Waals surface area (Å²) in [7, 11) is 1.81. The van der Waals surface area contributed by atoms with Gasteiger partial charge in [0, 0.05) is 25.6 Å². The number of carbonyl (C=O) groups excluding carboxylic acids is 1. The van der Waals surface area contributed by atoms with Crippen molar-refractivity contribution in [2.45, 2.75) is 20.8 Å². The molecule has 1 rings (SSSR count). The highest BCUT2D eigenvalue weighted by atomic mass is 16.2. The largest absolute Gasteiger partial charge is 0.349 e. The Morgan fingerprint density at radius 3 is 2.36 bits per heavy atom. The van der Waals surface area contributed by atoms with Gasteiger partial charge in [0.15, 0.2) is 0 Å². The van der Waals surface area contributed by atoms with Gasteiger partial charge in [-0.15, -0.1) is 0 Å². The standard InChI is InChI=1S/C10H19N3O/c1-10(2,3)9(11)13-6-5-12(4)8(14)7-13/h11H,5-7H2,1-4H3. The Morgan fingerprint density at radius 1 is 1.36 bits per heavy atom. The van der Waals surface area contributed by atoms with Gasteiger partial charge in [0.2, 0.25) is 5.91 Å². The second kappa shape index (κ2) is 3.59. The van der Waals surface area contributed by atoms with Crippen LogP contribution in [0.25, 0.3) is 0 Å². The second-order valence-corrected chi connectivity index (χ2v) is 4.84. The molecule has 0 unspecified atom stereocenters. The zero-order valence-corrected chi connectivity index (χ0v) is 9.42. The molecule has 0 aromatic heterocycles. The molecule has 1 heterocycles. The first-order valence-corrected chi connectivity index (χ1v) is 4.90. The van der Waals surface area contributed by atoms with E-state index in [0.717, 1.165) is 13.1 Å². The molecule has 1 aliphatic rings. The minimum Gasteiger partial charge on any atom is -0.349 e. The highest BCUT2D eigenvalue weighted by Crippen LogP contribution is 2.18. The Balaban J connectivity index is 2.64. The van der Waals surface area contributed by atoms with Crippen LogP contribution in [0.4, 0.5) is 0 Å². The van der Waals surface area contributed by atoms with Gasteiger partial charge in [0.1, 0.15) is 5.84 Å². The number of carbonyl (C=O) groups is 1. The molecule has 0 radical (unpaired) electrons. The summed E-state index contributed by atoms with van der Waals surface area (Å²) < 4.78 is 0. The van der Waals surface area contributed by atoms with Crippen molar-refractivity contribution in [2.75, 3.05) is 26.7 Å². The molecule has 0 aliphatic carbocycles. The topological polar surface area (TPSA) is 47.4 Å². The molecule has 80 valence electrons. The molecule has 1 saturated heterocycles. The predicted molar refractivity (Wildman–Crippen MR) is 56.4 cm³/mol. The smallest absolute Gasteiger partial charge is 0.241 e. The van der Waals surface area contributed by atoms with E-state index in [0.29, 0.717) is 12.4 Å². The fourth-order valence-corrected chi connectivity index (χ4v) is 1.42. The van der Waals surface area contributed by atoms with E-state index in [-0.39, 0.29) is 11.3 Å². The summed E-state index contributed by atoms with van der Waals surface area (Å²) in [6.45, 7) is 7.84. The van der Waals surface area contributed by atoms with Crippen molar-refractivity contribution in [3.05, 3.63) is 0 Å². The van der Waals surface area contributed by atoms with Crippen LogP contribution in [0.2, 0.25) is 0 Å². The Hall–Kier alpha value is -1.06. The van der Waals surface area contributed by atoms with Crippen molar-refractivity contribution >= 4 is 11.7 Å². The first-order chi connectivity index (χ1) is 6.32. The van der Waals surface area contributed by atoms with Crippen LogP contribution in [-0.4, -0.2) is 48.2 Å². The van der Waals surface area contributed by atoms with Crippen LogP contribution >= 0.6 is 0 Å². The number of hydrogen-bond donors (Lipinski definition) is 1. The summed E-state index contributed by atoms with van der Waals surface area (Å²) in [5.74, 6) is 0.657. The third kappa shape index (κ3) is 2.25. The molecule has 1 amide bonds. The maximum atomic E-state index is 11.4. The average molecular weight is 197 g/mol. The lowest BCUT2D eigenvalue weighted by molar-refractivity contribution is -0.132. The number of hydrogen-bond acceptors (Lipinski definition) is 2. The summed E-state index contributed by atoms with van der Waals surface area (Å²) in [5, 5.41) is 7.95. The van der Waals surface area contributed by atoms with E-state index in [1.807, 2.05) is 25.7 Å². The van der Waals surface area contributed by atoms with Crippen LogP contribution < -0.4 is 0 Å². The molecule has 4 nitrogen and oxygen atoms in total. The normalized spacial score (nSPS) is 18.7. The molecule has 0 aromatic rings. The number of amides is 1.